The number of nitrogens with zero attached hydrogens (tertiary/aromatic N) is 2. The molecule has 2 aromatic rings. The number of aliphatic hydroxyl groups is 1. The number of carbonyl (C=O) groups is 1. The molecule has 1 unspecified atom stereocenters. The van der Waals surface area contributed by atoms with Gasteiger partial charge in [-0.15, -0.1) is 0 Å². The standard InChI is InChI=1S/C17H18F2N2O3/c18-13-1-2-14(15(19)9-13)16(22)10-20-4-6-21(7-5-20)17(23)12-3-8-24-11-12/h1-3,8-9,11,16,22H,4-7,10H2. The molecule has 7 heteroatoms. The predicted molar refractivity (Wildman–Crippen MR) is 82.4 cm³/mol. The van der Waals surface area contributed by atoms with Crippen LogP contribution in [0.15, 0.2) is 41.2 Å². The number of carbonyl (C=O) groups excluding carboxylic acids is 1. The van der Waals surface area contributed by atoms with Crippen molar-refractivity contribution in [3.8, 4) is 0 Å². The summed E-state index contributed by atoms with van der Waals surface area (Å²) in [6, 6.07) is 4.77. The van der Waals surface area contributed by atoms with Crippen LogP contribution in [0.4, 0.5) is 8.78 Å². The summed E-state index contributed by atoms with van der Waals surface area (Å²) >= 11 is 0. The Labute approximate surface area is 138 Å². The molecule has 1 saturated heterocycles. The lowest BCUT2D eigenvalue weighted by molar-refractivity contribution is 0.0521. The number of benzene rings is 1. The molecular formula is C17H18F2N2O3. The van der Waals surface area contributed by atoms with Crippen LogP contribution in [0.3, 0.4) is 0 Å². The topological polar surface area (TPSA) is 56.9 Å². The van der Waals surface area contributed by atoms with E-state index in [4.69, 9.17) is 4.42 Å². The zero-order valence-electron chi connectivity index (χ0n) is 13.0. The van der Waals surface area contributed by atoms with Gasteiger partial charge in [-0.25, -0.2) is 8.78 Å². The van der Waals surface area contributed by atoms with Crippen molar-refractivity contribution in [3.05, 3.63) is 59.6 Å². The zero-order valence-corrected chi connectivity index (χ0v) is 13.0. The highest BCUT2D eigenvalue weighted by molar-refractivity contribution is 5.93. The van der Waals surface area contributed by atoms with Crippen LogP contribution in [-0.4, -0.2) is 53.5 Å². The van der Waals surface area contributed by atoms with Crippen molar-refractivity contribution in [1.82, 2.24) is 9.80 Å². The molecule has 0 bridgehead atoms. The second-order valence-electron chi connectivity index (χ2n) is 5.79. The van der Waals surface area contributed by atoms with E-state index in [1.807, 2.05) is 4.90 Å². The van der Waals surface area contributed by atoms with Crippen molar-refractivity contribution >= 4 is 5.91 Å². The average Bonchev–Trinajstić information content (AvgIpc) is 3.09. The molecule has 1 atom stereocenters. The molecule has 0 spiro atoms. The summed E-state index contributed by atoms with van der Waals surface area (Å²) < 4.78 is 31.5. The molecule has 1 aromatic heterocycles. The minimum Gasteiger partial charge on any atom is -0.472 e. The third-order valence-corrected chi connectivity index (χ3v) is 4.18. The predicted octanol–water partition coefficient (Wildman–Crippen LogP) is 2.05. The SMILES string of the molecule is O=C(c1ccoc1)N1CCN(CC(O)c2ccc(F)cc2F)CC1. The Kier molecular flexibility index (Phi) is 4.92. The van der Waals surface area contributed by atoms with Gasteiger partial charge in [-0.3, -0.25) is 9.69 Å². The Morgan fingerprint density at radius 3 is 2.58 bits per heavy atom. The van der Waals surface area contributed by atoms with Gasteiger partial charge in [-0.05, 0) is 12.1 Å². The number of hydrogen-bond acceptors (Lipinski definition) is 4. The van der Waals surface area contributed by atoms with E-state index in [9.17, 15) is 18.7 Å². The van der Waals surface area contributed by atoms with E-state index in [2.05, 4.69) is 0 Å². The number of β-amino-alcohol motifs (C(OH)–C–C–N with tert-alkyl or cyclic N) is 1. The van der Waals surface area contributed by atoms with Gasteiger partial charge in [0.15, 0.2) is 0 Å². The maximum absolute atomic E-state index is 13.7. The third kappa shape index (κ3) is 3.63. The third-order valence-electron chi connectivity index (χ3n) is 4.18. The van der Waals surface area contributed by atoms with E-state index >= 15 is 0 Å². The minimum absolute atomic E-state index is 0.0771. The average molecular weight is 336 g/mol. The zero-order chi connectivity index (χ0) is 17.1. The molecule has 2 heterocycles. The lowest BCUT2D eigenvalue weighted by Gasteiger charge is -2.35. The number of hydrogen-bond donors (Lipinski definition) is 1. The monoisotopic (exact) mass is 336 g/mol. The van der Waals surface area contributed by atoms with Gasteiger partial charge in [0.2, 0.25) is 0 Å². The van der Waals surface area contributed by atoms with Crippen LogP contribution in [-0.2, 0) is 0 Å². The molecule has 1 aromatic carbocycles. The second kappa shape index (κ2) is 7.11. The number of aliphatic hydroxyl groups excluding tert-OH is 1. The number of piperazine rings is 1. The van der Waals surface area contributed by atoms with E-state index in [0.29, 0.717) is 31.7 Å². The maximum Gasteiger partial charge on any atom is 0.257 e. The lowest BCUT2D eigenvalue weighted by atomic mass is 10.1. The molecular weight excluding hydrogens is 318 g/mol. The van der Waals surface area contributed by atoms with Gasteiger partial charge in [0.1, 0.15) is 17.9 Å². The summed E-state index contributed by atoms with van der Waals surface area (Å²) in [7, 11) is 0. The summed E-state index contributed by atoms with van der Waals surface area (Å²) in [5.74, 6) is -1.51. The molecule has 1 amide bonds. The van der Waals surface area contributed by atoms with Crippen LogP contribution in [0.25, 0.3) is 0 Å². The molecule has 1 fully saturated rings. The highest BCUT2D eigenvalue weighted by Crippen LogP contribution is 2.20. The van der Waals surface area contributed by atoms with Crippen LogP contribution < -0.4 is 0 Å². The highest BCUT2D eigenvalue weighted by atomic mass is 19.1. The van der Waals surface area contributed by atoms with Gasteiger partial charge in [0.25, 0.3) is 5.91 Å². The van der Waals surface area contributed by atoms with Crippen LogP contribution in [0.1, 0.15) is 22.0 Å². The fraction of sp³-hybridized carbons (Fsp3) is 0.353. The Hall–Kier alpha value is -2.25. The van der Waals surface area contributed by atoms with Crippen molar-refractivity contribution in [2.75, 3.05) is 32.7 Å². The smallest absolute Gasteiger partial charge is 0.257 e. The van der Waals surface area contributed by atoms with Crippen LogP contribution >= 0.6 is 0 Å². The summed E-state index contributed by atoms with van der Waals surface area (Å²) in [6.45, 7) is 2.41. The number of amides is 1. The van der Waals surface area contributed by atoms with Gasteiger partial charge < -0.3 is 14.4 Å². The Bertz CT molecular complexity index is 698. The van der Waals surface area contributed by atoms with Gasteiger partial charge >= 0.3 is 0 Å². The highest BCUT2D eigenvalue weighted by Gasteiger charge is 2.25. The second-order valence-corrected chi connectivity index (χ2v) is 5.79. The van der Waals surface area contributed by atoms with Gasteiger partial charge in [-0.2, -0.15) is 0 Å². The lowest BCUT2D eigenvalue weighted by Crippen LogP contribution is -2.49. The number of halogens is 2. The fourth-order valence-electron chi connectivity index (χ4n) is 2.82. The van der Waals surface area contributed by atoms with Crippen LogP contribution in [0.2, 0.25) is 0 Å². The van der Waals surface area contributed by atoms with Crippen molar-refractivity contribution < 1.29 is 23.1 Å². The van der Waals surface area contributed by atoms with E-state index in [-0.39, 0.29) is 18.0 Å². The van der Waals surface area contributed by atoms with Crippen molar-refractivity contribution in [2.24, 2.45) is 0 Å². The molecule has 3 rings (SSSR count). The van der Waals surface area contributed by atoms with Crippen molar-refractivity contribution in [2.45, 2.75) is 6.10 Å². The summed E-state index contributed by atoms with van der Waals surface area (Å²) in [6.07, 6.45) is 1.83. The molecule has 128 valence electrons. The molecule has 1 aliphatic rings. The molecule has 1 aliphatic heterocycles. The largest absolute Gasteiger partial charge is 0.472 e. The first-order chi connectivity index (χ1) is 11.5. The van der Waals surface area contributed by atoms with Crippen molar-refractivity contribution in [3.63, 3.8) is 0 Å². The van der Waals surface area contributed by atoms with Crippen LogP contribution in [0, 0.1) is 11.6 Å². The summed E-state index contributed by atoms with van der Waals surface area (Å²) in [5.41, 5.74) is 0.588. The van der Waals surface area contributed by atoms with Crippen LogP contribution in [0.5, 0.6) is 0 Å². The quantitative estimate of drug-likeness (QED) is 0.928. The first kappa shape index (κ1) is 16.6. The summed E-state index contributed by atoms with van der Waals surface area (Å²) in [4.78, 5) is 15.9. The minimum atomic E-state index is -1.04. The van der Waals surface area contributed by atoms with E-state index < -0.39 is 17.7 Å². The molecule has 0 aliphatic carbocycles. The van der Waals surface area contributed by atoms with E-state index in [0.717, 1.165) is 12.1 Å². The number of furan rings is 1. The normalized spacial score (nSPS) is 17.0. The molecule has 0 saturated carbocycles. The molecule has 24 heavy (non-hydrogen) atoms. The maximum atomic E-state index is 13.7. The van der Waals surface area contributed by atoms with E-state index in [1.165, 1.54) is 18.6 Å². The molecule has 5 nitrogen and oxygen atoms in total. The molecule has 0 radical (unpaired) electrons. The number of rotatable bonds is 4. The van der Waals surface area contributed by atoms with Gasteiger partial charge in [0, 0.05) is 44.4 Å². The summed E-state index contributed by atoms with van der Waals surface area (Å²) in [5, 5.41) is 10.2. The van der Waals surface area contributed by atoms with Crippen molar-refractivity contribution in [1.29, 1.82) is 0 Å². The first-order valence-corrected chi connectivity index (χ1v) is 7.71. The Morgan fingerprint density at radius 2 is 1.96 bits per heavy atom. The molecule has 1 N–H and O–H groups in total. The Balaban J connectivity index is 1.54. The van der Waals surface area contributed by atoms with Gasteiger partial charge in [0.05, 0.1) is 17.9 Å². The Morgan fingerprint density at radius 1 is 1.21 bits per heavy atom. The van der Waals surface area contributed by atoms with Gasteiger partial charge in [-0.1, -0.05) is 6.07 Å². The van der Waals surface area contributed by atoms with E-state index in [1.54, 1.807) is 11.0 Å². The first-order valence-electron chi connectivity index (χ1n) is 7.71. The fourth-order valence-corrected chi connectivity index (χ4v) is 2.82.